The van der Waals surface area contributed by atoms with Crippen LogP contribution in [0.15, 0.2) is 24.3 Å². The highest BCUT2D eigenvalue weighted by Gasteiger charge is 2.11. The average molecular weight is 210 g/mol. The highest BCUT2D eigenvalue weighted by molar-refractivity contribution is 5.99. The van der Waals surface area contributed by atoms with Crippen LogP contribution in [0.2, 0.25) is 0 Å². The van der Waals surface area contributed by atoms with E-state index in [9.17, 15) is 4.79 Å². The van der Waals surface area contributed by atoms with Crippen LogP contribution in [0.3, 0.4) is 0 Å². The van der Waals surface area contributed by atoms with Crippen molar-refractivity contribution < 1.29 is 19.7 Å². The smallest absolute Gasteiger partial charge is 0.190 e. The van der Waals surface area contributed by atoms with E-state index >= 15 is 0 Å². The van der Waals surface area contributed by atoms with Gasteiger partial charge in [-0.3, -0.25) is 4.79 Å². The van der Waals surface area contributed by atoms with Gasteiger partial charge in [-0.25, -0.2) is 0 Å². The monoisotopic (exact) mass is 210 g/mol. The predicted molar refractivity (Wildman–Crippen MR) is 55.0 cm³/mol. The second-order valence-corrected chi connectivity index (χ2v) is 3.14. The Morgan fingerprint density at radius 1 is 1.40 bits per heavy atom. The van der Waals surface area contributed by atoms with Gasteiger partial charge in [0.25, 0.3) is 0 Å². The number of Topliss-reactive ketones (excluding diaryl/α,β-unsaturated/α-hetero) is 1. The van der Waals surface area contributed by atoms with Crippen LogP contribution in [0, 0.1) is 0 Å². The molecule has 0 aromatic heterocycles. The normalized spacial score (nSPS) is 12.2. The predicted octanol–water partition coefficient (Wildman–Crippen LogP) is 0.621. The molecule has 0 aliphatic carbocycles. The Morgan fingerprint density at radius 2 is 2.00 bits per heavy atom. The van der Waals surface area contributed by atoms with E-state index in [2.05, 4.69) is 0 Å². The maximum absolute atomic E-state index is 11.3. The second kappa shape index (κ2) is 5.48. The zero-order chi connectivity index (χ0) is 11.3. The van der Waals surface area contributed by atoms with Crippen LogP contribution < -0.4 is 4.74 Å². The topological polar surface area (TPSA) is 66.8 Å². The van der Waals surface area contributed by atoms with Crippen molar-refractivity contribution in [3.8, 4) is 5.75 Å². The average Bonchev–Trinajstić information content (AvgIpc) is 2.26. The van der Waals surface area contributed by atoms with Crippen molar-refractivity contribution in [2.45, 2.75) is 13.0 Å². The highest BCUT2D eigenvalue weighted by atomic mass is 16.5. The number of ketones is 1. The summed E-state index contributed by atoms with van der Waals surface area (Å²) < 4.78 is 5.13. The minimum atomic E-state index is -0.991. The third-order valence-electron chi connectivity index (χ3n) is 1.88. The summed E-state index contributed by atoms with van der Waals surface area (Å²) in [6.45, 7) is 1.61. The van der Waals surface area contributed by atoms with E-state index in [1.54, 1.807) is 24.3 Å². The van der Waals surface area contributed by atoms with Crippen molar-refractivity contribution in [2.24, 2.45) is 0 Å². The standard InChI is InChI=1S/C11H14O4/c1-8(13)11(14)9-2-4-10(5-3-9)15-7-6-12/h2-5,8,12-13H,6-7H2,1H3/t8-/m0/s1. The fourth-order valence-electron chi connectivity index (χ4n) is 1.12. The van der Waals surface area contributed by atoms with Crippen molar-refractivity contribution in [2.75, 3.05) is 13.2 Å². The van der Waals surface area contributed by atoms with Crippen molar-refractivity contribution >= 4 is 5.78 Å². The van der Waals surface area contributed by atoms with E-state index in [-0.39, 0.29) is 19.0 Å². The summed E-state index contributed by atoms with van der Waals surface area (Å²) in [6.07, 6.45) is -0.991. The molecular formula is C11H14O4. The first-order valence-electron chi connectivity index (χ1n) is 4.71. The number of ether oxygens (including phenoxy) is 1. The van der Waals surface area contributed by atoms with Crippen molar-refractivity contribution in [3.05, 3.63) is 29.8 Å². The van der Waals surface area contributed by atoms with Crippen LogP contribution in [0.5, 0.6) is 5.75 Å². The van der Waals surface area contributed by atoms with Crippen molar-refractivity contribution in [1.82, 2.24) is 0 Å². The maximum atomic E-state index is 11.3. The van der Waals surface area contributed by atoms with E-state index in [4.69, 9.17) is 14.9 Å². The van der Waals surface area contributed by atoms with Gasteiger partial charge in [0, 0.05) is 5.56 Å². The molecule has 2 N–H and O–H groups in total. The van der Waals surface area contributed by atoms with Crippen LogP contribution in [-0.4, -0.2) is 35.3 Å². The molecule has 0 aliphatic heterocycles. The molecular weight excluding hydrogens is 196 g/mol. The summed E-state index contributed by atoms with van der Waals surface area (Å²) >= 11 is 0. The molecule has 1 aromatic rings. The number of carbonyl (C=O) groups is 1. The van der Waals surface area contributed by atoms with Gasteiger partial charge in [0.1, 0.15) is 18.5 Å². The number of hydrogen-bond acceptors (Lipinski definition) is 4. The number of carbonyl (C=O) groups excluding carboxylic acids is 1. The summed E-state index contributed by atoms with van der Waals surface area (Å²) in [4.78, 5) is 11.3. The van der Waals surface area contributed by atoms with E-state index < -0.39 is 6.10 Å². The zero-order valence-electron chi connectivity index (χ0n) is 8.51. The minimum Gasteiger partial charge on any atom is -0.491 e. The number of rotatable bonds is 5. The summed E-state index contributed by atoms with van der Waals surface area (Å²) in [5.41, 5.74) is 0.446. The molecule has 0 saturated heterocycles. The Morgan fingerprint density at radius 3 is 2.47 bits per heavy atom. The third kappa shape index (κ3) is 3.34. The van der Waals surface area contributed by atoms with Gasteiger partial charge in [-0.1, -0.05) is 0 Å². The van der Waals surface area contributed by atoms with Gasteiger partial charge in [0.2, 0.25) is 0 Å². The fraction of sp³-hybridized carbons (Fsp3) is 0.364. The molecule has 15 heavy (non-hydrogen) atoms. The van der Waals surface area contributed by atoms with E-state index in [0.717, 1.165) is 0 Å². The fourth-order valence-corrected chi connectivity index (χ4v) is 1.12. The zero-order valence-corrected chi connectivity index (χ0v) is 8.51. The summed E-state index contributed by atoms with van der Waals surface area (Å²) in [5.74, 6) is 0.273. The van der Waals surface area contributed by atoms with Gasteiger partial charge < -0.3 is 14.9 Å². The summed E-state index contributed by atoms with van der Waals surface area (Å²) in [5, 5.41) is 17.6. The molecule has 0 bridgehead atoms. The third-order valence-corrected chi connectivity index (χ3v) is 1.88. The Labute approximate surface area is 88.1 Å². The first kappa shape index (κ1) is 11.7. The molecule has 0 saturated carbocycles. The van der Waals surface area contributed by atoms with Crippen LogP contribution >= 0.6 is 0 Å². The molecule has 0 radical (unpaired) electrons. The molecule has 1 rings (SSSR count). The molecule has 82 valence electrons. The van der Waals surface area contributed by atoms with Gasteiger partial charge in [0.05, 0.1) is 6.61 Å². The van der Waals surface area contributed by atoms with Gasteiger partial charge in [-0.2, -0.15) is 0 Å². The number of aliphatic hydroxyl groups is 2. The van der Waals surface area contributed by atoms with E-state index in [1.165, 1.54) is 6.92 Å². The maximum Gasteiger partial charge on any atom is 0.190 e. The SMILES string of the molecule is C[C@H](O)C(=O)c1ccc(OCCO)cc1. The molecule has 0 heterocycles. The molecule has 0 unspecified atom stereocenters. The van der Waals surface area contributed by atoms with Crippen LogP contribution in [0.1, 0.15) is 17.3 Å². The largest absolute Gasteiger partial charge is 0.491 e. The van der Waals surface area contributed by atoms with Crippen molar-refractivity contribution in [3.63, 3.8) is 0 Å². The highest BCUT2D eigenvalue weighted by Crippen LogP contribution is 2.13. The minimum absolute atomic E-state index is 0.0473. The molecule has 0 amide bonds. The molecule has 1 aromatic carbocycles. The number of benzene rings is 1. The molecule has 0 fully saturated rings. The van der Waals surface area contributed by atoms with E-state index in [1.807, 2.05) is 0 Å². The van der Waals surface area contributed by atoms with Crippen LogP contribution in [-0.2, 0) is 0 Å². The summed E-state index contributed by atoms with van der Waals surface area (Å²) in [7, 11) is 0. The lowest BCUT2D eigenvalue weighted by Gasteiger charge is -2.06. The molecule has 0 aliphatic rings. The van der Waals surface area contributed by atoms with E-state index in [0.29, 0.717) is 11.3 Å². The lowest BCUT2D eigenvalue weighted by molar-refractivity contribution is 0.0779. The van der Waals surface area contributed by atoms with Crippen LogP contribution in [0.4, 0.5) is 0 Å². The molecule has 0 spiro atoms. The molecule has 4 heteroatoms. The van der Waals surface area contributed by atoms with Gasteiger partial charge >= 0.3 is 0 Å². The Hall–Kier alpha value is -1.39. The Bertz CT molecular complexity index is 316. The second-order valence-electron chi connectivity index (χ2n) is 3.14. The quantitative estimate of drug-likeness (QED) is 0.699. The molecule has 4 nitrogen and oxygen atoms in total. The Kier molecular flexibility index (Phi) is 4.27. The number of aliphatic hydroxyl groups excluding tert-OH is 2. The first-order chi connectivity index (χ1) is 7.15. The van der Waals surface area contributed by atoms with Crippen LogP contribution in [0.25, 0.3) is 0 Å². The number of hydrogen-bond donors (Lipinski definition) is 2. The summed E-state index contributed by atoms with van der Waals surface area (Å²) in [6, 6.07) is 6.43. The van der Waals surface area contributed by atoms with Gasteiger partial charge in [-0.15, -0.1) is 0 Å². The van der Waals surface area contributed by atoms with Crippen molar-refractivity contribution in [1.29, 1.82) is 0 Å². The first-order valence-corrected chi connectivity index (χ1v) is 4.71. The lowest BCUT2D eigenvalue weighted by atomic mass is 10.1. The Balaban J connectivity index is 2.68. The van der Waals surface area contributed by atoms with Gasteiger partial charge in [-0.05, 0) is 31.2 Å². The lowest BCUT2D eigenvalue weighted by Crippen LogP contribution is -2.15. The van der Waals surface area contributed by atoms with Gasteiger partial charge in [0.15, 0.2) is 5.78 Å². The molecule has 1 atom stereocenters.